The van der Waals surface area contributed by atoms with Crippen LogP contribution in [-0.4, -0.2) is 72.8 Å². The Balaban J connectivity index is 1.27. The number of likely N-dealkylation sites (tertiary alicyclic amines) is 1. The van der Waals surface area contributed by atoms with Gasteiger partial charge < -0.3 is 19.9 Å². The second-order valence-corrected chi connectivity index (χ2v) is 11.0. The van der Waals surface area contributed by atoms with E-state index in [1.165, 1.54) is 0 Å². The predicted molar refractivity (Wildman–Crippen MR) is 140 cm³/mol. The van der Waals surface area contributed by atoms with Crippen molar-refractivity contribution in [3.05, 3.63) is 54.1 Å². The first kappa shape index (κ1) is 25.6. The highest BCUT2D eigenvalue weighted by atomic mass is 19.1. The van der Waals surface area contributed by atoms with Crippen LogP contribution in [0.2, 0.25) is 0 Å². The number of carbonyl (C=O) groups is 1. The topological polar surface area (TPSA) is 44.8 Å². The molecule has 2 fully saturated rings. The third-order valence-electron chi connectivity index (χ3n) is 6.96. The molecule has 2 heterocycles. The lowest BCUT2D eigenvalue weighted by molar-refractivity contribution is 0.0673. The van der Waals surface area contributed by atoms with Crippen molar-refractivity contribution in [1.82, 2.24) is 15.1 Å². The molecule has 190 valence electrons. The normalized spacial score (nSPS) is 22.3. The number of halogens is 1. The van der Waals surface area contributed by atoms with Gasteiger partial charge in [0.25, 0.3) is 5.91 Å². The monoisotopic (exact) mass is 481 g/mol. The highest BCUT2D eigenvalue weighted by molar-refractivity contribution is 5.94. The summed E-state index contributed by atoms with van der Waals surface area (Å²) in [6, 6.07) is 16.7. The molecule has 1 amide bonds. The number of piperidine rings is 1. The van der Waals surface area contributed by atoms with Gasteiger partial charge >= 0.3 is 0 Å². The molecular weight excluding hydrogens is 441 g/mol. The summed E-state index contributed by atoms with van der Waals surface area (Å²) in [5, 5.41) is 3.47. The van der Waals surface area contributed by atoms with Crippen molar-refractivity contribution in [1.29, 1.82) is 0 Å². The first-order chi connectivity index (χ1) is 16.7. The number of amides is 1. The highest BCUT2D eigenvalue weighted by Gasteiger charge is 2.26. The molecule has 2 aliphatic heterocycles. The number of rotatable bonds is 7. The van der Waals surface area contributed by atoms with Crippen LogP contribution in [0, 0.1) is 5.92 Å². The Morgan fingerprint density at radius 1 is 0.971 bits per heavy atom. The van der Waals surface area contributed by atoms with Crippen molar-refractivity contribution in [3.8, 4) is 16.9 Å². The smallest absolute Gasteiger partial charge is 0.253 e. The van der Waals surface area contributed by atoms with Crippen molar-refractivity contribution < 1.29 is 13.9 Å². The molecule has 0 aromatic heterocycles. The molecule has 6 heteroatoms. The molecule has 0 saturated carbocycles. The van der Waals surface area contributed by atoms with Gasteiger partial charge in [-0.2, -0.15) is 0 Å². The third kappa shape index (κ3) is 7.28. The van der Waals surface area contributed by atoms with Gasteiger partial charge in [-0.05, 0) is 94.9 Å². The summed E-state index contributed by atoms with van der Waals surface area (Å²) in [5.74, 6) is 1.48. The van der Waals surface area contributed by atoms with E-state index in [4.69, 9.17) is 4.74 Å². The molecular formula is C29H40FN3O2. The summed E-state index contributed by atoms with van der Waals surface area (Å²) in [5.41, 5.74) is 1.78. The van der Waals surface area contributed by atoms with Crippen molar-refractivity contribution in [3.63, 3.8) is 0 Å². The van der Waals surface area contributed by atoms with Gasteiger partial charge in [0.15, 0.2) is 0 Å². The van der Waals surface area contributed by atoms with E-state index in [9.17, 15) is 9.18 Å². The summed E-state index contributed by atoms with van der Waals surface area (Å²) in [7, 11) is 0. The minimum Gasteiger partial charge on any atom is -0.493 e. The molecule has 35 heavy (non-hydrogen) atoms. The second kappa shape index (κ2) is 11.1. The summed E-state index contributed by atoms with van der Waals surface area (Å²) >= 11 is 0. The lowest BCUT2D eigenvalue weighted by atomic mass is 9.97. The van der Waals surface area contributed by atoms with Gasteiger partial charge in [-0.15, -0.1) is 0 Å². The van der Waals surface area contributed by atoms with Crippen LogP contribution in [0.3, 0.4) is 0 Å². The molecule has 2 unspecified atom stereocenters. The van der Waals surface area contributed by atoms with Crippen LogP contribution < -0.4 is 10.1 Å². The molecule has 2 saturated heterocycles. The van der Waals surface area contributed by atoms with Crippen LogP contribution in [-0.2, 0) is 0 Å². The summed E-state index contributed by atoms with van der Waals surface area (Å²) < 4.78 is 19.9. The maximum atomic E-state index is 13.9. The Labute approximate surface area is 209 Å². The highest BCUT2D eigenvalue weighted by Crippen LogP contribution is 2.25. The van der Waals surface area contributed by atoms with Crippen LogP contribution in [0.25, 0.3) is 11.1 Å². The molecule has 2 aromatic rings. The van der Waals surface area contributed by atoms with Crippen LogP contribution in [0.1, 0.15) is 50.9 Å². The van der Waals surface area contributed by atoms with E-state index in [0.29, 0.717) is 31.2 Å². The summed E-state index contributed by atoms with van der Waals surface area (Å²) in [6.45, 7) is 12.1. The number of nitrogens with zero attached hydrogens (tertiary/aromatic N) is 2. The first-order valence-corrected chi connectivity index (χ1v) is 13.0. The standard InChI is InChI=1S/C29H40FN3O2/c1-21-17-33(18-22(2)31-21)28(34)26-7-5-24(6-8-26)25-9-11-27(12-10-25)35-19-23-13-15-32(16-14-23)20-29(3,4)30/h5-12,21-23,31H,13-20H2,1-4H3. The van der Waals surface area contributed by atoms with E-state index in [1.54, 1.807) is 13.8 Å². The molecule has 1 N–H and O–H groups in total. The van der Waals surface area contributed by atoms with Gasteiger partial charge in [-0.3, -0.25) is 4.79 Å². The first-order valence-electron chi connectivity index (χ1n) is 13.0. The van der Waals surface area contributed by atoms with Gasteiger partial charge in [0, 0.05) is 37.3 Å². The van der Waals surface area contributed by atoms with E-state index in [1.807, 2.05) is 41.3 Å². The van der Waals surface area contributed by atoms with E-state index >= 15 is 0 Å². The number of ether oxygens (including phenoxy) is 1. The minimum absolute atomic E-state index is 0.0970. The Morgan fingerprint density at radius 3 is 2.06 bits per heavy atom. The third-order valence-corrected chi connectivity index (χ3v) is 6.96. The van der Waals surface area contributed by atoms with E-state index < -0.39 is 5.67 Å². The van der Waals surface area contributed by atoms with Crippen LogP contribution >= 0.6 is 0 Å². The van der Waals surface area contributed by atoms with Gasteiger partial charge in [0.1, 0.15) is 11.4 Å². The van der Waals surface area contributed by atoms with Crippen LogP contribution in [0.4, 0.5) is 4.39 Å². The summed E-state index contributed by atoms with van der Waals surface area (Å²) in [4.78, 5) is 17.1. The largest absolute Gasteiger partial charge is 0.493 e. The van der Waals surface area contributed by atoms with E-state index in [-0.39, 0.29) is 5.91 Å². The number of hydrogen-bond acceptors (Lipinski definition) is 4. The Morgan fingerprint density at radius 2 is 1.51 bits per heavy atom. The number of nitrogens with one attached hydrogen (secondary N) is 1. The predicted octanol–water partition coefficient (Wildman–Crippen LogP) is 5.01. The molecule has 0 spiro atoms. The number of hydrogen-bond donors (Lipinski definition) is 1. The zero-order chi connectivity index (χ0) is 25.0. The van der Waals surface area contributed by atoms with E-state index in [2.05, 4.69) is 36.2 Å². The fourth-order valence-corrected chi connectivity index (χ4v) is 5.28. The fourth-order valence-electron chi connectivity index (χ4n) is 5.28. The zero-order valence-electron chi connectivity index (χ0n) is 21.6. The van der Waals surface area contributed by atoms with Crippen LogP contribution in [0.15, 0.2) is 48.5 Å². The molecule has 0 aliphatic carbocycles. The Bertz CT molecular complexity index is 953. The van der Waals surface area contributed by atoms with Crippen LogP contribution in [0.5, 0.6) is 5.75 Å². The summed E-state index contributed by atoms with van der Waals surface area (Å²) in [6.07, 6.45) is 2.09. The average molecular weight is 482 g/mol. The second-order valence-electron chi connectivity index (χ2n) is 11.0. The minimum atomic E-state index is -1.14. The zero-order valence-corrected chi connectivity index (χ0v) is 21.6. The van der Waals surface area contributed by atoms with E-state index in [0.717, 1.165) is 61.5 Å². The maximum Gasteiger partial charge on any atom is 0.253 e. The van der Waals surface area contributed by atoms with Gasteiger partial charge in [0.2, 0.25) is 0 Å². The van der Waals surface area contributed by atoms with Crippen molar-refractivity contribution in [2.75, 3.05) is 39.3 Å². The lowest BCUT2D eigenvalue weighted by Crippen LogP contribution is -2.55. The number of benzene rings is 2. The van der Waals surface area contributed by atoms with Crippen molar-refractivity contribution >= 4 is 5.91 Å². The molecule has 0 bridgehead atoms. The molecule has 0 radical (unpaired) electrons. The van der Waals surface area contributed by atoms with Gasteiger partial charge in [-0.25, -0.2) is 4.39 Å². The molecule has 4 rings (SSSR count). The number of piperazine rings is 1. The molecule has 2 atom stereocenters. The van der Waals surface area contributed by atoms with Gasteiger partial charge in [-0.1, -0.05) is 24.3 Å². The lowest BCUT2D eigenvalue weighted by Gasteiger charge is -2.36. The molecule has 5 nitrogen and oxygen atoms in total. The molecule has 2 aromatic carbocycles. The van der Waals surface area contributed by atoms with Gasteiger partial charge in [0.05, 0.1) is 6.61 Å². The van der Waals surface area contributed by atoms with Crippen molar-refractivity contribution in [2.24, 2.45) is 5.92 Å². The SMILES string of the molecule is CC1CN(C(=O)c2ccc(-c3ccc(OCC4CCN(CC(C)(C)F)CC4)cc3)cc2)CC(C)N1. The maximum absolute atomic E-state index is 13.9. The molecule has 2 aliphatic rings. The average Bonchev–Trinajstić information content (AvgIpc) is 2.82. The Hall–Kier alpha value is -2.44. The number of alkyl halides is 1. The van der Waals surface area contributed by atoms with Crippen molar-refractivity contribution in [2.45, 2.75) is 58.3 Å². The quantitative estimate of drug-likeness (QED) is 0.604. The fraction of sp³-hybridized carbons (Fsp3) is 0.552. The number of carbonyl (C=O) groups excluding carboxylic acids is 1. The Kier molecular flexibility index (Phi) is 8.12.